The number of hydrogen-bond acceptors (Lipinski definition) is 3. The normalized spacial score (nSPS) is 20.7. The van der Waals surface area contributed by atoms with Crippen molar-refractivity contribution in [2.45, 2.75) is 0 Å². The fraction of sp³-hybridized carbons (Fsp3) is 0.300. The Hall–Kier alpha value is -1.35. The van der Waals surface area contributed by atoms with E-state index in [1.165, 1.54) is 0 Å². The minimum absolute atomic E-state index is 0.0237. The average molecular weight is 178 g/mol. The largest absolute Gasteiger partial charge is 0.492 e. The quantitative estimate of drug-likeness (QED) is 0.694. The molecule has 1 N–H and O–H groups in total. The first-order valence-corrected chi connectivity index (χ1v) is 4.20. The second-order valence-electron chi connectivity index (χ2n) is 3.05. The molecular weight excluding hydrogens is 168 g/mol. The molecule has 1 aromatic rings. The number of aliphatic hydroxyl groups is 1. The van der Waals surface area contributed by atoms with Gasteiger partial charge in [0.2, 0.25) is 0 Å². The molecule has 0 amide bonds. The van der Waals surface area contributed by atoms with Crippen LogP contribution in [0.25, 0.3) is 0 Å². The molecule has 1 unspecified atom stereocenters. The van der Waals surface area contributed by atoms with Crippen LogP contribution in [0.4, 0.5) is 0 Å². The van der Waals surface area contributed by atoms with Gasteiger partial charge in [0.25, 0.3) is 0 Å². The first kappa shape index (κ1) is 8.26. The van der Waals surface area contributed by atoms with Crippen LogP contribution in [0.15, 0.2) is 24.3 Å². The van der Waals surface area contributed by atoms with Crippen LogP contribution in [-0.2, 0) is 0 Å². The molecule has 0 bridgehead atoms. The van der Waals surface area contributed by atoms with E-state index >= 15 is 0 Å². The van der Waals surface area contributed by atoms with Crippen LogP contribution in [0, 0.1) is 5.92 Å². The van der Waals surface area contributed by atoms with Crippen molar-refractivity contribution < 1.29 is 14.6 Å². The number of para-hydroxylation sites is 1. The van der Waals surface area contributed by atoms with E-state index in [0.717, 1.165) is 0 Å². The molecule has 0 aromatic heterocycles. The first-order valence-electron chi connectivity index (χ1n) is 4.20. The lowest BCUT2D eigenvalue weighted by Crippen LogP contribution is -2.30. The van der Waals surface area contributed by atoms with Crippen LogP contribution < -0.4 is 4.74 Å². The van der Waals surface area contributed by atoms with Crippen molar-refractivity contribution >= 4 is 5.78 Å². The van der Waals surface area contributed by atoms with Crippen molar-refractivity contribution in [2.24, 2.45) is 5.92 Å². The van der Waals surface area contributed by atoms with Crippen LogP contribution in [0.1, 0.15) is 10.4 Å². The molecule has 0 aliphatic carbocycles. The van der Waals surface area contributed by atoms with Crippen molar-refractivity contribution in [1.82, 2.24) is 0 Å². The Morgan fingerprint density at radius 3 is 3.00 bits per heavy atom. The summed E-state index contributed by atoms with van der Waals surface area (Å²) in [4.78, 5) is 11.6. The summed E-state index contributed by atoms with van der Waals surface area (Å²) < 4.78 is 5.32. The molecule has 0 fully saturated rings. The fourth-order valence-electron chi connectivity index (χ4n) is 1.42. The molecular formula is C10H10O3. The van der Waals surface area contributed by atoms with Gasteiger partial charge in [-0.25, -0.2) is 0 Å². The highest BCUT2D eigenvalue weighted by Gasteiger charge is 2.27. The zero-order chi connectivity index (χ0) is 9.26. The maximum Gasteiger partial charge on any atom is 0.175 e. The molecule has 3 nitrogen and oxygen atoms in total. The van der Waals surface area contributed by atoms with Crippen LogP contribution in [0.3, 0.4) is 0 Å². The summed E-state index contributed by atoms with van der Waals surface area (Å²) in [5.41, 5.74) is 0.577. The fourth-order valence-corrected chi connectivity index (χ4v) is 1.42. The summed E-state index contributed by atoms with van der Waals surface area (Å²) >= 11 is 0. The van der Waals surface area contributed by atoms with Gasteiger partial charge in [0.15, 0.2) is 5.78 Å². The number of rotatable bonds is 1. The third kappa shape index (κ3) is 1.31. The van der Waals surface area contributed by atoms with Crippen LogP contribution in [0.5, 0.6) is 5.75 Å². The molecule has 3 heteroatoms. The Bertz CT molecular complexity index is 333. The molecule has 0 saturated carbocycles. The van der Waals surface area contributed by atoms with E-state index in [4.69, 9.17) is 9.84 Å². The van der Waals surface area contributed by atoms with E-state index in [0.29, 0.717) is 11.3 Å². The van der Waals surface area contributed by atoms with Crippen molar-refractivity contribution in [1.29, 1.82) is 0 Å². The van der Waals surface area contributed by atoms with Gasteiger partial charge in [-0.05, 0) is 12.1 Å². The first-order chi connectivity index (χ1) is 6.33. The number of Topliss-reactive ketones (excluding diaryl/α,β-unsaturated/α-hetero) is 1. The van der Waals surface area contributed by atoms with Crippen LogP contribution >= 0.6 is 0 Å². The van der Waals surface area contributed by atoms with Crippen LogP contribution in [-0.4, -0.2) is 24.1 Å². The van der Waals surface area contributed by atoms with E-state index in [1.807, 2.05) is 6.07 Å². The molecule has 1 aromatic carbocycles. The van der Waals surface area contributed by atoms with Gasteiger partial charge in [-0.3, -0.25) is 4.79 Å². The van der Waals surface area contributed by atoms with E-state index in [9.17, 15) is 4.79 Å². The zero-order valence-corrected chi connectivity index (χ0v) is 7.06. The number of benzene rings is 1. The molecule has 0 spiro atoms. The number of hydrogen-bond donors (Lipinski definition) is 1. The molecule has 2 rings (SSSR count). The van der Waals surface area contributed by atoms with Gasteiger partial charge in [0, 0.05) is 0 Å². The number of carbonyl (C=O) groups is 1. The number of carbonyl (C=O) groups excluding carboxylic acids is 1. The number of ketones is 1. The standard InChI is InChI=1S/C10H10O3/c11-5-7-6-13-9-4-2-1-3-8(9)10(7)12/h1-4,7,11H,5-6H2. The summed E-state index contributed by atoms with van der Waals surface area (Å²) in [6.07, 6.45) is 0. The van der Waals surface area contributed by atoms with Gasteiger partial charge in [-0.15, -0.1) is 0 Å². The topological polar surface area (TPSA) is 46.5 Å². The van der Waals surface area contributed by atoms with Crippen molar-refractivity contribution in [2.75, 3.05) is 13.2 Å². The van der Waals surface area contributed by atoms with Crippen LogP contribution in [0.2, 0.25) is 0 Å². The average Bonchev–Trinajstić information content (AvgIpc) is 2.19. The van der Waals surface area contributed by atoms with Crippen molar-refractivity contribution in [3.05, 3.63) is 29.8 Å². The van der Waals surface area contributed by atoms with Gasteiger partial charge in [-0.1, -0.05) is 12.1 Å². The second kappa shape index (κ2) is 3.18. The Balaban J connectivity index is 2.39. The van der Waals surface area contributed by atoms with Crippen molar-refractivity contribution in [3.8, 4) is 5.75 Å². The lowest BCUT2D eigenvalue weighted by molar-refractivity contribution is 0.0738. The number of fused-ring (bicyclic) bond motifs is 1. The Labute approximate surface area is 76.0 Å². The molecule has 68 valence electrons. The molecule has 1 heterocycles. The van der Waals surface area contributed by atoms with E-state index < -0.39 is 5.92 Å². The monoisotopic (exact) mass is 178 g/mol. The van der Waals surface area contributed by atoms with Gasteiger partial charge < -0.3 is 9.84 Å². The van der Waals surface area contributed by atoms with Gasteiger partial charge >= 0.3 is 0 Å². The predicted molar refractivity (Wildman–Crippen MR) is 46.8 cm³/mol. The Morgan fingerprint density at radius 1 is 1.46 bits per heavy atom. The summed E-state index contributed by atoms with van der Waals surface area (Å²) in [6, 6.07) is 7.10. The number of aliphatic hydroxyl groups excluding tert-OH is 1. The summed E-state index contributed by atoms with van der Waals surface area (Å²) in [5.74, 6) is 0.205. The molecule has 1 aliphatic rings. The molecule has 0 radical (unpaired) electrons. The minimum Gasteiger partial charge on any atom is -0.492 e. The zero-order valence-electron chi connectivity index (χ0n) is 7.06. The SMILES string of the molecule is O=C1c2ccccc2OCC1CO. The third-order valence-electron chi connectivity index (χ3n) is 2.18. The maximum absolute atomic E-state index is 11.6. The van der Waals surface area contributed by atoms with Gasteiger partial charge in [0.1, 0.15) is 12.4 Å². The second-order valence-corrected chi connectivity index (χ2v) is 3.05. The Kier molecular flexibility index (Phi) is 2.02. The van der Waals surface area contributed by atoms with E-state index in [-0.39, 0.29) is 19.0 Å². The summed E-state index contributed by atoms with van der Waals surface area (Å²) in [7, 11) is 0. The molecule has 1 atom stereocenters. The highest BCUT2D eigenvalue weighted by atomic mass is 16.5. The maximum atomic E-state index is 11.6. The van der Waals surface area contributed by atoms with E-state index in [2.05, 4.69) is 0 Å². The summed E-state index contributed by atoms with van der Waals surface area (Å²) in [6.45, 7) is 0.138. The summed E-state index contributed by atoms with van der Waals surface area (Å²) in [5, 5.41) is 8.89. The highest BCUT2D eigenvalue weighted by Crippen LogP contribution is 2.26. The molecule has 0 saturated heterocycles. The van der Waals surface area contributed by atoms with E-state index in [1.54, 1.807) is 18.2 Å². The van der Waals surface area contributed by atoms with Crippen molar-refractivity contribution in [3.63, 3.8) is 0 Å². The Morgan fingerprint density at radius 2 is 2.23 bits per heavy atom. The molecule has 13 heavy (non-hydrogen) atoms. The molecule has 1 aliphatic heterocycles. The van der Waals surface area contributed by atoms with Gasteiger partial charge in [-0.2, -0.15) is 0 Å². The smallest absolute Gasteiger partial charge is 0.175 e. The lowest BCUT2D eigenvalue weighted by Gasteiger charge is -2.22. The highest BCUT2D eigenvalue weighted by molar-refractivity contribution is 6.01. The number of ether oxygens (including phenoxy) is 1. The third-order valence-corrected chi connectivity index (χ3v) is 2.18. The lowest BCUT2D eigenvalue weighted by atomic mass is 9.96. The predicted octanol–water partition coefficient (Wildman–Crippen LogP) is 0.870. The minimum atomic E-state index is -0.394. The van der Waals surface area contributed by atoms with Gasteiger partial charge in [0.05, 0.1) is 18.1 Å².